The highest BCUT2D eigenvalue weighted by atomic mass is 79.9. The summed E-state index contributed by atoms with van der Waals surface area (Å²) >= 11 is 3.41. The number of hydrogen-bond donors (Lipinski definition) is 2. The Labute approximate surface area is 142 Å². The summed E-state index contributed by atoms with van der Waals surface area (Å²) in [6, 6.07) is 5.46. The SMILES string of the molecule is Cc1c(C(=O)NC2CCNCC2C)c(=O)oc2ccc(Br)cc12. The van der Waals surface area contributed by atoms with Gasteiger partial charge < -0.3 is 15.1 Å². The Morgan fingerprint density at radius 1 is 1.43 bits per heavy atom. The van der Waals surface area contributed by atoms with Crippen molar-refractivity contribution in [1.29, 1.82) is 0 Å². The second-order valence-electron chi connectivity index (χ2n) is 6.08. The maximum Gasteiger partial charge on any atom is 0.349 e. The van der Waals surface area contributed by atoms with E-state index in [1.807, 2.05) is 6.07 Å². The van der Waals surface area contributed by atoms with Crippen molar-refractivity contribution in [3.8, 4) is 0 Å². The van der Waals surface area contributed by atoms with Crippen LogP contribution in [0.25, 0.3) is 11.0 Å². The van der Waals surface area contributed by atoms with Crippen LogP contribution in [-0.2, 0) is 0 Å². The Morgan fingerprint density at radius 3 is 2.96 bits per heavy atom. The highest BCUT2D eigenvalue weighted by Crippen LogP contribution is 2.23. The van der Waals surface area contributed by atoms with Crippen LogP contribution in [0.1, 0.15) is 29.3 Å². The minimum absolute atomic E-state index is 0.0701. The van der Waals surface area contributed by atoms with Crippen molar-refractivity contribution in [2.24, 2.45) is 5.92 Å². The molecule has 1 aliphatic heterocycles. The number of amides is 1. The number of rotatable bonds is 2. The van der Waals surface area contributed by atoms with E-state index in [1.165, 1.54) is 0 Å². The van der Waals surface area contributed by atoms with Crippen LogP contribution >= 0.6 is 15.9 Å². The van der Waals surface area contributed by atoms with E-state index in [2.05, 4.69) is 33.5 Å². The number of hydrogen-bond acceptors (Lipinski definition) is 4. The molecule has 5 nitrogen and oxygen atoms in total. The van der Waals surface area contributed by atoms with Gasteiger partial charge in [0.15, 0.2) is 0 Å². The summed E-state index contributed by atoms with van der Waals surface area (Å²) in [5.74, 6) is -0.0217. The molecule has 2 atom stereocenters. The molecule has 0 spiro atoms. The monoisotopic (exact) mass is 378 g/mol. The van der Waals surface area contributed by atoms with Gasteiger partial charge >= 0.3 is 5.63 Å². The smallest absolute Gasteiger partial charge is 0.349 e. The van der Waals surface area contributed by atoms with Crippen molar-refractivity contribution in [3.05, 3.63) is 44.2 Å². The Hall–Kier alpha value is -1.66. The van der Waals surface area contributed by atoms with Gasteiger partial charge in [-0.3, -0.25) is 4.79 Å². The summed E-state index contributed by atoms with van der Waals surface area (Å²) in [7, 11) is 0. The van der Waals surface area contributed by atoms with Gasteiger partial charge in [0.05, 0.1) is 0 Å². The van der Waals surface area contributed by atoms with Crippen molar-refractivity contribution >= 4 is 32.8 Å². The van der Waals surface area contributed by atoms with Gasteiger partial charge in [0.25, 0.3) is 5.91 Å². The highest BCUT2D eigenvalue weighted by Gasteiger charge is 2.26. The van der Waals surface area contributed by atoms with Gasteiger partial charge in [-0.25, -0.2) is 4.79 Å². The normalized spacial score (nSPS) is 21.3. The van der Waals surface area contributed by atoms with Gasteiger partial charge in [0.1, 0.15) is 11.1 Å². The number of fused-ring (bicyclic) bond motifs is 1. The number of halogens is 1. The molecule has 3 rings (SSSR count). The van der Waals surface area contributed by atoms with E-state index in [-0.39, 0.29) is 17.5 Å². The third kappa shape index (κ3) is 3.19. The molecule has 0 saturated carbocycles. The van der Waals surface area contributed by atoms with Gasteiger partial charge in [0, 0.05) is 15.9 Å². The zero-order valence-electron chi connectivity index (χ0n) is 13.1. The van der Waals surface area contributed by atoms with Crippen molar-refractivity contribution in [3.63, 3.8) is 0 Å². The molecular formula is C17H19BrN2O3. The minimum Gasteiger partial charge on any atom is -0.422 e. The number of carbonyl (C=O) groups excluding carboxylic acids is 1. The second kappa shape index (κ2) is 6.45. The molecule has 1 amide bonds. The molecule has 23 heavy (non-hydrogen) atoms. The number of carbonyl (C=O) groups is 1. The van der Waals surface area contributed by atoms with Gasteiger partial charge in [-0.2, -0.15) is 0 Å². The highest BCUT2D eigenvalue weighted by molar-refractivity contribution is 9.10. The van der Waals surface area contributed by atoms with E-state index in [0.29, 0.717) is 17.1 Å². The van der Waals surface area contributed by atoms with Crippen molar-refractivity contribution in [2.75, 3.05) is 13.1 Å². The standard InChI is InChI=1S/C17H19BrN2O3/c1-9-8-19-6-5-13(9)20-16(21)15-10(2)12-7-11(18)3-4-14(12)23-17(15)22/h3-4,7,9,13,19H,5-6,8H2,1-2H3,(H,20,21). The van der Waals surface area contributed by atoms with Crippen molar-refractivity contribution in [2.45, 2.75) is 26.3 Å². The minimum atomic E-state index is -0.587. The van der Waals surface area contributed by atoms with E-state index in [1.54, 1.807) is 19.1 Å². The third-order valence-corrected chi connectivity index (χ3v) is 4.95. The maximum absolute atomic E-state index is 12.6. The first-order chi connectivity index (χ1) is 11.0. The van der Waals surface area contributed by atoms with E-state index in [9.17, 15) is 9.59 Å². The first kappa shape index (κ1) is 16.2. The Balaban J connectivity index is 1.98. The molecule has 2 N–H and O–H groups in total. The second-order valence-corrected chi connectivity index (χ2v) is 7.00. The molecule has 1 aromatic carbocycles. The predicted octanol–water partition coefficient (Wildman–Crippen LogP) is 2.59. The molecule has 1 aliphatic rings. The topological polar surface area (TPSA) is 71.3 Å². The van der Waals surface area contributed by atoms with E-state index < -0.39 is 5.63 Å². The summed E-state index contributed by atoms with van der Waals surface area (Å²) in [6.45, 7) is 5.60. The fraction of sp³-hybridized carbons (Fsp3) is 0.412. The zero-order valence-corrected chi connectivity index (χ0v) is 14.7. The van der Waals surface area contributed by atoms with Crippen LogP contribution < -0.4 is 16.3 Å². The largest absolute Gasteiger partial charge is 0.422 e. The molecule has 1 saturated heterocycles. The Morgan fingerprint density at radius 2 is 2.22 bits per heavy atom. The fourth-order valence-corrected chi connectivity index (χ4v) is 3.42. The van der Waals surface area contributed by atoms with Crippen LogP contribution in [0, 0.1) is 12.8 Å². The van der Waals surface area contributed by atoms with Gasteiger partial charge in [-0.05, 0) is 56.1 Å². The molecular weight excluding hydrogens is 360 g/mol. The predicted molar refractivity (Wildman–Crippen MR) is 92.8 cm³/mol. The molecule has 2 heterocycles. The van der Waals surface area contributed by atoms with Crippen LogP contribution in [0.4, 0.5) is 0 Å². The first-order valence-corrected chi connectivity index (χ1v) is 8.51. The number of aryl methyl sites for hydroxylation is 1. The zero-order chi connectivity index (χ0) is 16.6. The maximum atomic E-state index is 12.6. The quantitative estimate of drug-likeness (QED) is 0.787. The van der Waals surface area contributed by atoms with Crippen molar-refractivity contribution in [1.82, 2.24) is 10.6 Å². The van der Waals surface area contributed by atoms with Gasteiger partial charge in [-0.1, -0.05) is 22.9 Å². The molecule has 6 heteroatoms. The lowest BCUT2D eigenvalue weighted by atomic mass is 9.94. The van der Waals surface area contributed by atoms with Crippen LogP contribution in [0.15, 0.2) is 31.9 Å². The Kier molecular flexibility index (Phi) is 4.55. The lowest BCUT2D eigenvalue weighted by molar-refractivity contribution is 0.0910. The summed E-state index contributed by atoms with van der Waals surface area (Å²) in [4.78, 5) is 24.9. The summed E-state index contributed by atoms with van der Waals surface area (Å²) < 4.78 is 6.19. The summed E-state index contributed by atoms with van der Waals surface area (Å²) in [5.41, 5.74) is 0.650. The summed E-state index contributed by atoms with van der Waals surface area (Å²) in [6.07, 6.45) is 0.858. The molecule has 2 unspecified atom stereocenters. The molecule has 0 radical (unpaired) electrons. The summed E-state index contributed by atoms with van der Waals surface area (Å²) in [5, 5.41) is 7.06. The van der Waals surface area contributed by atoms with Crippen LogP contribution in [-0.4, -0.2) is 25.0 Å². The van der Waals surface area contributed by atoms with Gasteiger partial charge in [-0.15, -0.1) is 0 Å². The molecule has 2 aromatic rings. The first-order valence-electron chi connectivity index (χ1n) is 7.72. The lowest BCUT2D eigenvalue weighted by Crippen LogP contribution is -2.49. The van der Waals surface area contributed by atoms with Crippen LogP contribution in [0.2, 0.25) is 0 Å². The average Bonchev–Trinajstić information content (AvgIpc) is 2.50. The van der Waals surface area contributed by atoms with E-state index in [4.69, 9.17) is 4.42 Å². The number of benzene rings is 1. The number of piperidine rings is 1. The van der Waals surface area contributed by atoms with Crippen LogP contribution in [0.3, 0.4) is 0 Å². The van der Waals surface area contributed by atoms with E-state index >= 15 is 0 Å². The molecule has 1 fully saturated rings. The third-order valence-electron chi connectivity index (χ3n) is 4.46. The molecule has 122 valence electrons. The van der Waals surface area contributed by atoms with Crippen molar-refractivity contribution < 1.29 is 9.21 Å². The Bertz CT molecular complexity index is 815. The lowest BCUT2D eigenvalue weighted by Gasteiger charge is -2.30. The number of nitrogens with one attached hydrogen (secondary N) is 2. The molecule has 1 aromatic heterocycles. The fourth-order valence-electron chi connectivity index (χ4n) is 3.05. The molecule has 0 aliphatic carbocycles. The van der Waals surface area contributed by atoms with E-state index in [0.717, 1.165) is 29.4 Å². The van der Waals surface area contributed by atoms with Gasteiger partial charge in [0.2, 0.25) is 0 Å². The van der Waals surface area contributed by atoms with Crippen LogP contribution in [0.5, 0.6) is 0 Å². The average molecular weight is 379 g/mol. The molecule has 0 bridgehead atoms.